The van der Waals surface area contributed by atoms with Crippen molar-refractivity contribution < 1.29 is 10.2 Å². The third-order valence-electron chi connectivity index (χ3n) is 7.51. The Kier molecular flexibility index (Phi) is 6.42. The number of para-hydroxylation sites is 2. The number of rotatable bonds is 4. The predicted octanol–water partition coefficient (Wildman–Crippen LogP) is 9.35. The van der Waals surface area contributed by atoms with Gasteiger partial charge in [-0.1, -0.05) is 115 Å². The van der Waals surface area contributed by atoms with Crippen molar-refractivity contribution in [3.63, 3.8) is 0 Å². The number of phenolic OH excluding ortho intramolecular Hbond substituents is 2. The second-order valence-corrected chi connectivity index (χ2v) is 10.2. The Balaban J connectivity index is 1.47. The second kappa shape index (κ2) is 10.7. The summed E-state index contributed by atoms with van der Waals surface area (Å²) < 4.78 is 0. The number of hydrogen-bond acceptors (Lipinski definition) is 4. The van der Waals surface area contributed by atoms with Crippen molar-refractivity contribution in [2.75, 3.05) is 0 Å². The van der Waals surface area contributed by atoms with Gasteiger partial charge in [-0.3, -0.25) is 0 Å². The van der Waals surface area contributed by atoms with E-state index in [1.165, 1.54) is 0 Å². The normalized spacial score (nSPS) is 14.0. The lowest BCUT2D eigenvalue weighted by Gasteiger charge is -2.24. The Morgan fingerprint density at radius 3 is 1.50 bits per heavy atom. The highest BCUT2D eigenvalue weighted by atomic mass is 16.3. The summed E-state index contributed by atoms with van der Waals surface area (Å²) in [6.45, 7) is 0. The summed E-state index contributed by atoms with van der Waals surface area (Å²) in [4.78, 5) is 10.1. The maximum Gasteiger partial charge on any atom is 0.141 e. The van der Waals surface area contributed by atoms with Gasteiger partial charge >= 0.3 is 0 Å². The molecule has 200 valence electrons. The molecule has 0 saturated heterocycles. The van der Waals surface area contributed by atoms with Gasteiger partial charge in [0.25, 0.3) is 0 Å². The lowest BCUT2D eigenvalue weighted by molar-refractivity contribution is 0.476. The molecule has 42 heavy (non-hydrogen) atoms. The first-order valence-electron chi connectivity index (χ1n) is 13.8. The Morgan fingerprint density at radius 2 is 0.833 bits per heavy atom. The molecule has 1 aliphatic carbocycles. The molecule has 0 unspecified atom stereocenters. The SMILES string of the molecule is Oc1cc(-c2ccccc2)ccc1N=C1C(=Nc2ccccc2O)c2cc(-c3ccccc3)ccc2-c2ccccc21. The van der Waals surface area contributed by atoms with E-state index in [1.807, 2.05) is 84.9 Å². The van der Waals surface area contributed by atoms with E-state index in [9.17, 15) is 10.2 Å². The molecule has 0 fully saturated rings. The zero-order valence-corrected chi connectivity index (χ0v) is 22.6. The summed E-state index contributed by atoms with van der Waals surface area (Å²) in [5.74, 6) is 0.158. The summed E-state index contributed by atoms with van der Waals surface area (Å²) in [5, 5.41) is 21.8. The Labute approximate surface area is 244 Å². The molecule has 0 spiro atoms. The van der Waals surface area contributed by atoms with Crippen LogP contribution in [0.2, 0.25) is 0 Å². The molecule has 0 heterocycles. The average Bonchev–Trinajstić information content (AvgIpc) is 3.05. The average molecular weight is 543 g/mol. The number of nitrogens with zero attached hydrogens (tertiary/aromatic N) is 2. The largest absolute Gasteiger partial charge is 0.506 e. The maximum atomic E-state index is 11.2. The van der Waals surface area contributed by atoms with Gasteiger partial charge in [0.05, 0.1) is 11.4 Å². The van der Waals surface area contributed by atoms with Crippen LogP contribution in [0.5, 0.6) is 11.5 Å². The lowest BCUT2D eigenvalue weighted by atomic mass is 9.81. The van der Waals surface area contributed by atoms with E-state index >= 15 is 0 Å². The molecule has 6 aromatic carbocycles. The molecule has 4 heteroatoms. The quantitative estimate of drug-likeness (QED) is 0.233. The van der Waals surface area contributed by atoms with E-state index in [0.29, 0.717) is 22.8 Å². The van der Waals surface area contributed by atoms with Crippen molar-refractivity contribution in [2.45, 2.75) is 0 Å². The smallest absolute Gasteiger partial charge is 0.141 e. The van der Waals surface area contributed by atoms with Crippen LogP contribution in [0.1, 0.15) is 11.1 Å². The number of aliphatic imine (C=N–C) groups is 2. The van der Waals surface area contributed by atoms with Gasteiger partial charge in [0.1, 0.15) is 22.9 Å². The molecule has 2 N–H and O–H groups in total. The van der Waals surface area contributed by atoms with E-state index in [1.54, 1.807) is 24.3 Å². The van der Waals surface area contributed by atoms with Crippen molar-refractivity contribution in [1.29, 1.82) is 0 Å². The molecule has 0 bridgehead atoms. The van der Waals surface area contributed by atoms with Gasteiger partial charge in [0.2, 0.25) is 0 Å². The predicted molar refractivity (Wildman–Crippen MR) is 171 cm³/mol. The summed E-state index contributed by atoms with van der Waals surface area (Å²) in [6.07, 6.45) is 0. The summed E-state index contributed by atoms with van der Waals surface area (Å²) in [6, 6.07) is 47.2. The fraction of sp³-hybridized carbons (Fsp3) is 0. The Morgan fingerprint density at radius 1 is 0.333 bits per heavy atom. The summed E-state index contributed by atoms with van der Waals surface area (Å²) >= 11 is 0. The zero-order valence-electron chi connectivity index (χ0n) is 22.6. The van der Waals surface area contributed by atoms with Gasteiger partial charge in [0, 0.05) is 11.1 Å². The van der Waals surface area contributed by atoms with Crippen LogP contribution in [0.25, 0.3) is 33.4 Å². The fourth-order valence-corrected chi connectivity index (χ4v) is 5.42. The van der Waals surface area contributed by atoms with E-state index in [2.05, 4.69) is 36.4 Å². The third kappa shape index (κ3) is 4.65. The molecule has 0 aliphatic heterocycles. The Bertz CT molecular complexity index is 1990. The summed E-state index contributed by atoms with van der Waals surface area (Å²) in [7, 11) is 0. The lowest BCUT2D eigenvalue weighted by Crippen LogP contribution is -2.23. The highest BCUT2D eigenvalue weighted by Crippen LogP contribution is 2.40. The minimum atomic E-state index is 0.0760. The van der Waals surface area contributed by atoms with Crippen LogP contribution in [0.15, 0.2) is 156 Å². The van der Waals surface area contributed by atoms with E-state index < -0.39 is 0 Å². The van der Waals surface area contributed by atoms with Crippen molar-refractivity contribution in [3.05, 3.63) is 157 Å². The molecule has 0 aromatic heterocycles. The topological polar surface area (TPSA) is 65.2 Å². The number of aromatic hydroxyl groups is 2. The van der Waals surface area contributed by atoms with E-state index in [0.717, 1.165) is 44.5 Å². The van der Waals surface area contributed by atoms with Gasteiger partial charge in [-0.25, -0.2) is 9.98 Å². The molecule has 0 radical (unpaired) electrons. The van der Waals surface area contributed by atoms with Gasteiger partial charge in [-0.05, 0) is 63.7 Å². The molecule has 0 atom stereocenters. The van der Waals surface area contributed by atoms with Crippen LogP contribution in [-0.4, -0.2) is 21.6 Å². The van der Waals surface area contributed by atoms with Crippen LogP contribution in [0.4, 0.5) is 11.4 Å². The molecule has 7 rings (SSSR count). The molecule has 4 nitrogen and oxygen atoms in total. The highest BCUT2D eigenvalue weighted by Gasteiger charge is 2.28. The molecule has 0 amide bonds. The zero-order chi connectivity index (χ0) is 28.5. The number of benzene rings is 6. The van der Waals surface area contributed by atoms with E-state index in [-0.39, 0.29) is 11.5 Å². The molecule has 0 saturated carbocycles. The number of hydrogen-bond donors (Lipinski definition) is 2. The number of fused-ring (bicyclic) bond motifs is 3. The van der Waals surface area contributed by atoms with Crippen molar-refractivity contribution in [2.24, 2.45) is 9.98 Å². The van der Waals surface area contributed by atoms with Crippen molar-refractivity contribution in [3.8, 4) is 44.9 Å². The second-order valence-electron chi connectivity index (χ2n) is 10.2. The molecular formula is C38H26N2O2. The first-order valence-corrected chi connectivity index (χ1v) is 13.8. The van der Waals surface area contributed by atoms with Crippen molar-refractivity contribution in [1.82, 2.24) is 0 Å². The minimum Gasteiger partial charge on any atom is -0.506 e. The molecule has 1 aliphatic rings. The first-order chi connectivity index (χ1) is 20.7. The first kappa shape index (κ1) is 25.2. The van der Waals surface area contributed by atoms with Crippen LogP contribution >= 0.6 is 0 Å². The highest BCUT2D eigenvalue weighted by molar-refractivity contribution is 6.57. The van der Waals surface area contributed by atoms with Crippen LogP contribution < -0.4 is 0 Å². The standard InChI is InChI=1S/C38H26N2O2/c41-35-18-10-9-17-33(35)39-38-32-23-27(25-11-3-1-4-12-25)19-21-30(32)29-15-7-8-16-31(29)37(38)40-34-22-20-28(24-36(34)42)26-13-5-2-6-14-26/h1-24,41-42H. The molecular weight excluding hydrogens is 516 g/mol. The van der Waals surface area contributed by atoms with Gasteiger partial charge in [-0.2, -0.15) is 0 Å². The van der Waals surface area contributed by atoms with Gasteiger partial charge in [0.15, 0.2) is 0 Å². The molecule has 6 aromatic rings. The summed E-state index contributed by atoms with van der Waals surface area (Å²) in [5.41, 5.74) is 10.0. The minimum absolute atomic E-state index is 0.0760. The van der Waals surface area contributed by atoms with Crippen LogP contribution in [0.3, 0.4) is 0 Å². The number of phenols is 2. The third-order valence-corrected chi connectivity index (χ3v) is 7.51. The van der Waals surface area contributed by atoms with Crippen LogP contribution in [0, 0.1) is 0 Å². The maximum absolute atomic E-state index is 11.2. The van der Waals surface area contributed by atoms with E-state index in [4.69, 9.17) is 9.98 Å². The van der Waals surface area contributed by atoms with Crippen molar-refractivity contribution >= 4 is 22.8 Å². The fourth-order valence-electron chi connectivity index (χ4n) is 5.42. The van der Waals surface area contributed by atoms with Crippen LogP contribution in [-0.2, 0) is 0 Å². The van der Waals surface area contributed by atoms with Gasteiger partial charge in [-0.15, -0.1) is 0 Å². The monoisotopic (exact) mass is 542 g/mol. The Hall–Kier alpha value is -5.74. The van der Waals surface area contributed by atoms with Gasteiger partial charge < -0.3 is 10.2 Å².